The first-order valence-corrected chi connectivity index (χ1v) is 8.83. The molecule has 7 nitrogen and oxygen atoms in total. The molecule has 0 aliphatic heterocycles. The third kappa shape index (κ3) is 4.64. The van der Waals surface area contributed by atoms with Crippen LogP contribution in [0.4, 0.5) is 4.39 Å². The van der Waals surface area contributed by atoms with Crippen LogP contribution in [0, 0.1) is 5.82 Å². The number of thiophene rings is 1. The summed E-state index contributed by atoms with van der Waals surface area (Å²) in [6.45, 7) is 0. The lowest BCUT2D eigenvalue weighted by molar-refractivity contribution is -0.119. The van der Waals surface area contributed by atoms with Gasteiger partial charge in [-0.1, -0.05) is 17.8 Å². The number of halogens is 1. The van der Waals surface area contributed by atoms with E-state index in [4.69, 9.17) is 4.42 Å². The van der Waals surface area contributed by atoms with Crippen molar-refractivity contribution >= 4 is 34.9 Å². The number of carbonyl (C=O) groups is 2. The molecule has 3 aromatic rings. The summed E-state index contributed by atoms with van der Waals surface area (Å²) in [5.41, 5.74) is 4.73. The van der Waals surface area contributed by atoms with E-state index < -0.39 is 17.6 Å². The molecule has 0 bridgehead atoms. The van der Waals surface area contributed by atoms with Crippen molar-refractivity contribution in [2.24, 2.45) is 0 Å². The van der Waals surface area contributed by atoms with Gasteiger partial charge in [0.2, 0.25) is 5.91 Å². The van der Waals surface area contributed by atoms with E-state index in [0.717, 1.165) is 28.8 Å². The number of rotatable bonds is 5. The molecule has 2 heterocycles. The van der Waals surface area contributed by atoms with Crippen LogP contribution in [0.2, 0.25) is 0 Å². The maximum absolute atomic E-state index is 12.8. The van der Waals surface area contributed by atoms with E-state index in [1.165, 1.54) is 23.5 Å². The quantitative estimate of drug-likeness (QED) is 0.523. The highest BCUT2D eigenvalue weighted by atomic mass is 32.2. The fourth-order valence-corrected chi connectivity index (χ4v) is 2.94. The van der Waals surface area contributed by atoms with Crippen molar-refractivity contribution in [1.82, 2.24) is 21.0 Å². The van der Waals surface area contributed by atoms with Crippen molar-refractivity contribution in [1.29, 1.82) is 0 Å². The Morgan fingerprint density at radius 1 is 1.16 bits per heavy atom. The smallest absolute Gasteiger partial charge is 0.277 e. The van der Waals surface area contributed by atoms with Crippen LogP contribution < -0.4 is 10.9 Å². The Hall–Kier alpha value is -2.72. The van der Waals surface area contributed by atoms with E-state index in [-0.39, 0.29) is 16.5 Å². The number of hydrogen-bond acceptors (Lipinski definition) is 7. The minimum atomic E-state index is -0.545. The molecule has 10 heteroatoms. The van der Waals surface area contributed by atoms with Gasteiger partial charge in [-0.25, -0.2) is 4.39 Å². The molecule has 2 N–H and O–H groups in total. The van der Waals surface area contributed by atoms with Crippen LogP contribution >= 0.6 is 23.1 Å². The molecule has 0 fully saturated rings. The molecule has 128 valence electrons. The van der Waals surface area contributed by atoms with Crippen molar-refractivity contribution < 1.29 is 18.4 Å². The summed E-state index contributed by atoms with van der Waals surface area (Å²) >= 11 is 2.52. The van der Waals surface area contributed by atoms with E-state index in [1.54, 1.807) is 0 Å². The zero-order chi connectivity index (χ0) is 17.6. The van der Waals surface area contributed by atoms with Gasteiger partial charge in [-0.2, -0.15) is 0 Å². The summed E-state index contributed by atoms with van der Waals surface area (Å²) in [5.74, 6) is -1.07. The number of carbonyl (C=O) groups excluding carboxylic acids is 2. The molecule has 1 aromatic carbocycles. The summed E-state index contributed by atoms with van der Waals surface area (Å²) in [6, 6.07) is 8.67. The standard InChI is InChI=1S/C15H11FN4O3S2/c16-10-5-3-9(4-6-10)13(22)18-17-12(21)8-25-15-20-19-14(23-15)11-2-1-7-24-11/h1-7H,8H2,(H,17,21)(H,18,22). The van der Waals surface area contributed by atoms with Gasteiger partial charge in [0, 0.05) is 5.56 Å². The van der Waals surface area contributed by atoms with Crippen molar-refractivity contribution in [2.45, 2.75) is 5.22 Å². The second-order valence-corrected chi connectivity index (χ2v) is 6.52. The van der Waals surface area contributed by atoms with Gasteiger partial charge in [0.05, 0.1) is 10.6 Å². The monoisotopic (exact) mass is 378 g/mol. The van der Waals surface area contributed by atoms with Crippen LogP contribution in [0.25, 0.3) is 10.8 Å². The number of amides is 2. The molecule has 0 spiro atoms. The third-order valence-corrected chi connectivity index (χ3v) is 4.56. The molecule has 2 amide bonds. The van der Waals surface area contributed by atoms with E-state index >= 15 is 0 Å². The number of hydrogen-bond donors (Lipinski definition) is 2. The average molecular weight is 378 g/mol. The van der Waals surface area contributed by atoms with Gasteiger partial charge in [-0.3, -0.25) is 20.4 Å². The van der Waals surface area contributed by atoms with Gasteiger partial charge in [0.1, 0.15) is 5.82 Å². The number of aromatic nitrogens is 2. The third-order valence-electron chi connectivity index (χ3n) is 2.89. The zero-order valence-electron chi connectivity index (χ0n) is 12.6. The lowest BCUT2D eigenvalue weighted by atomic mass is 10.2. The molecule has 3 rings (SSSR count). The first kappa shape index (κ1) is 17.1. The first-order chi connectivity index (χ1) is 12.1. The number of hydrazine groups is 1. The molecule has 0 atom stereocenters. The van der Waals surface area contributed by atoms with E-state index in [0.29, 0.717) is 5.89 Å². The summed E-state index contributed by atoms with van der Waals surface area (Å²) in [4.78, 5) is 24.4. The predicted molar refractivity (Wildman–Crippen MR) is 90.3 cm³/mol. The SMILES string of the molecule is O=C(CSc1nnc(-c2cccs2)o1)NNC(=O)c1ccc(F)cc1. The Morgan fingerprint density at radius 2 is 1.96 bits per heavy atom. The summed E-state index contributed by atoms with van der Waals surface area (Å²) < 4.78 is 18.2. The predicted octanol–water partition coefficient (Wildman–Crippen LogP) is 2.49. The second kappa shape index (κ2) is 7.90. The molecule has 25 heavy (non-hydrogen) atoms. The van der Waals surface area contributed by atoms with Crippen molar-refractivity contribution in [3.63, 3.8) is 0 Å². The van der Waals surface area contributed by atoms with E-state index in [1.807, 2.05) is 17.5 Å². The maximum Gasteiger partial charge on any atom is 0.277 e. The minimum absolute atomic E-state index is 0.0181. The molecule has 0 aliphatic rings. The number of nitrogens with zero attached hydrogens (tertiary/aromatic N) is 2. The Kier molecular flexibility index (Phi) is 5.41. The Labute approximate surface area is 149 Å². The number of benzene rings is 1. The molecule has 0 saturated heterocycles. The number of nitrogens with one attached hydrogen (secondary N) is 2. The highest BCUT2D eigenvalue weighted by Crippen LogP contribution is 2.26. The van der Waals surface area contributed by atoms with Crippen LogP contribution in [0.1, 0.15) is 10.4 Å². The molecular weight excluding hydrogens is 367 g/mol. The van der Waals surface area contributed by atoms with Gasteiger partial charge in [-0.15, -0.1) is 21.5 Å². The Morgan fingerprint density at radius 3 is 2.68 bits per heavy atom. The molecule has 0 saturated carbocycles. The summed E-state index contributed by atoms with van der Waals surface area (Å²) in [7, 11) is 0. The molecule has 2 aromatic heterocycles. The summed E-state index contributed by atoms with van der Waals surface area (Å²) in [5, 5.41) is 9.89. The topological polar surface area (TPSA) is 97.1 Å². The zero-order valence-corrected chi connectivity index (χ0v) is 14.2. The van der Waals surface area contributed by atoms with Crippen molar-refractivity contribution in [3.8, 4) is 10.8 Å². The minimum Gasteiger partial charge on any atom is -0.410 e. The summed E-state index contributed by atoms with van der Waals surface area (Å²) in [6.07, 6.45) is 0. The molecule has 0 aliphatic carbocycles. The highest BCUT2D eigenvalue weighted by Gasteiger charge is 2.12. The van der Waals surface area contributed by atoms with Crippen LogP contribution in [0.3, 0.4) is 0 Å². The normalized spacial score (nSPS) is 10.4. The second-order valence-electron chi connectivity index (χ2n) is 4.65. The van der Waals surface area contributed by atoms with Gasteiger partial charge in [0.25, 0.3) is 17.0 Å². The van der Waals surface area contributed by atoms with E-state index in [2.05, 4.69) is 21.0 Å². The van der Waals surface area contributed by atoms with Gasteiger partial charge in [-0.05, 0) is 35.7 Å². The van der Waals surface area contributed by atoms with Crippen LogP contribution in [0.5, 0.6) is 0 Å². The van der Waals surface area contributed by atoms with Crippen molar-refractivity contribution in [2.75, 3.05) is 5.75 Å². The molecular formula is C15H11FN4O3S2. The lowest BCUT2D eigenvalue weighted by Crippen LogP contribution is -2.42. The lowest BCUT2D eigenvalue weighted by Gasteiger charge is -2.06. The Balaban J connectivity index is 1.45. The van der Waals surface area contributed by atoms with Crippen LogP contribution in [0.15, 0.2) is 51.4 Å². The Bertz CT molecular complexity index is 865. The highest BCUT2D eigenvalue weighted by molar-refractivity contribution is 7.99. The average Bonchev–Trinajstić information content (AvgIpc) is 3.29. The van der Waals surface area contributed by atoms with Crippen molar-refractivity contribution in [3.05, 3.63) is 53.2 Å². The largest absolute Gasteiger partial charge is 0.410 e. The maximum atomic E-state index is 12.8. The molecule has 0 unspecified atom stereocenters. The first-order valence-electron chi connectivity index (χ1n) is 6.97. The van der Waals surface area contributed by atoms with Crippen LogP contribution in [-0.4, -0.2) is 27.8 Å². The fraction of sp³-hybridized carbons (Fsp3) is 0.0667. The fourth-order valence-electron chi connectivity index (χ4n) is 1.73. The van der Waals surface area contributed by atoms with Gasteiger partial charge < -0.3 is 4.42 Å². The van der Waals surface area contributed by atoms with Gasteiger partial charge in [0.15, 0.2) is 0 Å². The molecule has 0 radical (unpaired) electrons. The van der Waals surface area contributed by atoms with E-state index in [9.17, 15) is 14.0 Å². The van der Waals surface area contributed by atoms with Gasteiger partial charge >= 0.3 is 0 Å². The number of thioether (sulfide) groups is 1. The van der Waals surface area contributed by atoms with Crippen LogP contribution in [-0.2, 0) is 4.79 Å².